The van der Waals surface area contributed by atoms with Crippen LogP contribution >= 0.6 is 11.6 Å². The van der Waals surface area contributed by atoms with Crippen molar-refractivity contribution in [3.63, 3.8) is 0 Å². The Morgan fingerprint density at radius 2 is 1.61 bits per heavy atom. The fourth-order valence-corrected chi connectivity index (χ4v) is 5.17. The molecule has 7 nitrogen and oxygen atoms in total. The molecule has 0 heterocycles. The maximum Gasteiger partial charge on any atom is 0.416 e. The molecule has 0 aliphatic heterocycles. The summed E-state index contributed by atoms with van der Waals surface area (Å²) in [5.41, 5.74) is 2.40. The fourth-order valence-electron chi connectivity index (χ4n) is 3.61. The molecule has 0 fully saturated rings. The average molecular weight is 602 g/mol. The van der Waals surface area contributed by atoms with Gasteiger partial charge in [0.1, 0.15) is 18.9 Å². The van der Waals surface area contributed by atoms with E-state index in [9.17, 15) is 26.4 Å². The van der Waals surface area contributed by atoms with E-state index in [1.165, 1.54) is 36.5 Å². The summed E-state index contributed by atoms with van der Waals surface area (Å²) in [5, 5.41) is 4.48. The summed E-state index contributed by atoms with van der Waals surface area (Å²) in [5.74, 6) is -0.259. The van der Waals surface area contributed by atoms with E-state index in [1.807, 2.05) is 12.1 Å². The van der Waals surface area contributed by atoms with E-state index in [0.717, 1.165) is 17.7 Å². The van der Waals surface area contributed by atoms with Crippen molar-refractivity contribution in [1.29, 1.82) is 0 Å². The Kier molecular flexibility index (Phi) is 9.31. The van der Waals surface area contributed by atoms with Gasteiger partial charge in [0.05, 0.1) is 22.4 Å². The molecule has 0 saturated carbocycles. The van der Waals surface area contributed by atoms with E-state index < -0.39 is 34.2 Å². The zero-order valence-electron chi connectivity index (χ0n) is 21.3. The van der Waals surface area contributed by atoms with Crippen LogP contribution in [0.25, 0.3) is 0 Å². The number of rotatable bonds is 10. The van der Waals surface area contributed by atoms with Crippen molar-refractivity contribution in [2.75, 3.05) is 10.8 Å². The third-order valence-corrected chi connectivity index (χ3v) is 7.72. The highest BCUT2D eigenvalue weighted by molar-refractivity contribution is 7.92. The Hall–Kier alpha value is -4.35. The first-order valence-electron chi connectivity index (χ1n) is 12.1. The summed E-state index contributed by atoms with van der Waals surface area (Å²) in [7, 11) is -4.39. The Bertz CT molecular complexity index is 1610. The predicted molar refractivity (Wildman–Crippen MR) is 150 cm³/mol. The SMILES string of the molecule is O=C(CN(c1cccc(C(F)(F)F)c1)S(=O)(=O)c1ccccc1)N/N=C\c1ccc(OCc2ccc(Cl)cc2)cc1. The molecule has 4 rings (SSSR count). The number of alkyl halides is 3. The highest BCUT2D eigenvalue weighted by Gasteiger charge is 2.33. The molecule has 0 aliphatic rings. The number of ether oxygens (including phenoxy) is 1. The quantitative estimate of drug-likeness (QED) is 0.171. The second-order valence-electron chi connectivity index (χ2n) is 8.65. The van der Waals surface area contributed by atoms with Gasteiger partial charge in [-0.15, -0.1) is 0 Å². The molecular weight excluding hydrogens is 579 g/mol. The minimum Gasteiger partial charge on any atom is -0.489 e. The summed E-state index contributed by atoms with van der Waals surface area (Å²) >= 11 is 5.88. The number of carbonyl (C=O) groups excluding carboxylic acids is 1. The largest absolute Gasteiger partial charge is 0.489 e. The topological polar surface area (TPSA) is 88.1 Å². The summed E-state index contributed by atoms with van der Waals surface area (Å²) in [6.45, 7) is -0.470. The second kappa shape index (κ2) is 12.9. The smallest absolute Gasteiger partial charge is 0.416 e. The lowest BCUT2D eigenvalue weighted by molar-refractivity contribution is -0.137. The molecule has 0 bridgehead atoms. The number of anilines is 1. The van der Waals surface area contributed by atoms with Crippen LogP contribution in [0, 0.1) is 0 Å². The fraction of sp³-hybridized carbons (Fsp3) is 0.103. The Labute approximate surface area is 239 Å². The van der Waals surface area contributed by atoms with E-state index in [0.29, 0.717) is 33.3 Å². The number of benzene rings is 4. The van der Waals surface area contributed by atoms with Crippen LogP contribution in [0.1, 0.15) is 16.7 Å². The van der Waals surface area contributed by atoms with E-state index in [2.05, 4.69) is 10.5 Å². The standard InChI is InChI=1S/C29H23ClF3N3O4S/c30-24-13-9-22(10-14-24)20-40-26-15-11-21(12-16-26)18-34-35-28(37)19-36(41(38,39)27-7-2-1-3-8-27)25-6-4-5-23(17-25)29(31,32)33/h1-18H,19-20H2,(H,35,37)/b34-18-. The number of hydrogen-bond acceptors (Lipinski definition) is 5. The van der Waals surface area contributed by atoms with Crippen molar-refractivity contribution >= 4 is 39.4 Å². The molecule has 12 heteroatoms. The minimum absolute atomic E-state index is 0.188. The van der Waals surface area contributed by atoms with Gasteiger partial charge < -0.3 is 4.74 Å². The van der Waals surface area contributed by atoms with Gasteiger partial charge in [-0.1, -0.05) is 48.0 Å². The van der Waals surface area contributed by atoms with Gasteiger partial charge in [0.15, 0.2) is 0 Å². The number of carbonyl (C=O) groups is 1. The molecule has 41 heavy (non-hydrogen) atoms. The first-order chi connectivity index (χ1) is 19.5. The highest BCUT2D eigenvalue weighted by atomic mass is 35.5. The molecule has 0 spiro atoms. The van der Waals surface area contributed by atoms with Crippen LogP contribution < -0.4 is 14.5 Å². The van der Waals surface area contributed by atoms with Crippen LogP contribution in [-0.2, 0) is 27.6 Å². The van der Waals surface area contributed by atoms with E-state index in [1.54, 1.807) is 42.5 Å². The molecule has 0 saturated heterocycles. The number of sulfonamides is 1. The van der Waals surface area contributed by atoms with Crippen molar-refractivity contribution in [1.82, 2.24) is 5.43 Å². The van der Waals surface area contributed by atoms with E-state index >= 15 is 0 Å². The van der Waals surface area contributed by atoms with Crippen molar-refractivity contribution in [3.8, 4) is 5.75 Å². The zero-order chi connectivity index (χ0) is 29.5. The predicted octanol–water partition coefficient (Wildman–Crippen LogP) is 6.28. The van der Waals surface area contributed by atoms with Crippen molar-refractivity contribution in [2.45, 2.75) is 17.7 Å². The Morgan fingerprint density at radius 3 is 2.27 bits per heavy atom. The normalized spacial score (nSPS) is 11.8. The lowest BCUT2D eigenvalue weighted by Gasteiger charge is -2.24. The van der Waals surface area contributed by atoms with Crippen LogP contribution in [-0.4, -0.2) is 27.1 Å². The molecule has 4 aromatic rings. The molecule has 0 aliphatic carbocycles. The number of nitrogens with one attached hydrogen (secondary N) is 1. The average Bonchev–Trinajstić information content (AvgIpc) is 2.96. The van der Waals surface area contributed by atoms with Gasteiger partial charge >= 0.3 is 6.18 Å². The van der Waals surface area contributed by atoms with Crippen LogP contribution in [0.3, 0.4) is 0 Å². The molecule has 1 amide bonds. The molecule has 0 radical (unpaired) electrons. The second-order valence-corrected chi connectivity index (χ2v) is 10.9. The van der Waals surface area contributed by atoms with Gasteiger partial charge in [0.25, 0.3) is 15.9 Å². The molecular formula is C29H23ClF3N3O4S. The lowest BCUT2D eigenvalue weighted by Crippen LogP contribution is -2.39. The summed E-state index contributed by atoms with van der Waals surface area (Å²) in [6.07, 6.45) is -3.37. The molecule has 1 N–H and O–H groups in total. The van der Waals surface area contributed by atoms with Crippen LogP contribution in [0.5, 0.6) is 5.75 Å². The van der Waals surface area contributed by atoms with Gasteiger partial charge in [-0.25, -0.2) is 13.8 Å². The van der Waals surface area contributed by atoms with Crippen molar-refractivity contribution in [2.24, 2.45) is 5.10 Å². The molecule has 4 aromatic carbocycles. The Balaban J connectivity index is 1.44. The monoisotopic (exact) mass is 601 g/mol. The molecule has 0 atom stereocenters. The van der Waals surface area contributed by atoms with E-state index in [4.69, 9.17) is 16.3 Å². The summed E-state index contributed by atoms with van der Waals surface area (Å²) < 4.78 is 72.9. The first-order valence-corrected chi connectivity index (χ1v) is 13.9. The van der Waals surface area contributed by atoms with Crippen LogP contribution in [0.15, 0.2) is 113 Å². The Morgan fingerprint density at radius 1 is 0.927 bits per heavy atom. The summed E-state index contributed by atoms with van der Waals surface area (Å²) in [4.78, 5) is 12.5. The van der Waals surface area contributed by atoms with Gasteiger partial charge in [0.2, 0.25) is 0 Å². The van der Waals surface area contributed by atoms with Crippen LogP contribution in [0.2, 0.25) is 5.02 Å². The third kappa shape index (κ3) is 8.09. The van der Waals surface area contributed by atoms with Crippen molar-refractivity contribution in [3.05, 3.63) is 125 Å². The van der Waals surface area contributed by atoms with Gasteiger partial charge in [-0.05, 0) is 77.9 Å². The number of hydrazone groups is 1. The number of hydrogen-bond donors (Lipinski definition) is 1. The molecule has 0 unspecified atom stereocenters. The first kappa shape index (κ1) is 29.6. The number of amides is 1. The van der Waals surface area contributed by atoms with Gasteiger partial charge in [0, 0.05) is 5.02 Å². The van der Waals surface area contributed by atoms with Crippen LogP contribution in [0.4, 0.5) is 18.9 Å². The number of nitrogens with zero attached hydrogens (tertiary/aromatic N) is 2. The zero-order valence-corrected chi connectivity index (χ0v) is 22.8. The maximum atomic E-state index is 13.3. The third-order valence-electron chi connectivity index (χ3n) is 5.68. The molecule has 212 valence electrons. The minimum atomic E-state index is -4.71. The molecule has 0 aromatic heterocycles. The summed E-state index contributed by atoms with van der Waals surface area (Å²) in [6, 6.07) is 24.9. The number of halogens is 4. The highest BCUT2D eigenvalue weighted by Crippen LogP contribution is 2.33. The maximum absolute atomic E-state index is 13.3. The van der Waals surface area contributed by atoms with Gasteiger partial charge in [-0.2, -0.15) is 18.3 Å². The van der Waals surface area contributed by atoms with Crippen molar-refractivity contribution < 1.29 is 31.1 Å². The van der Waals surface area contributed by atoms with E-state index in [-0.39, 0.29) is 10.6 Å². The van der Waals surface area contributed by atoms with Gasteiger partial charge in [-0.3, -0.25) is 9.10 Å². The lowest BCUT2D eigenvalue weighted by atomic mass is 10.2.